The lowest BCUT2D eigenvalue weighted by atomic mass is 10.4. The van der Waals surface area contributed by atoms with E-state index in [-0.39, 0.29) is 12.6 Å². The minimum atomic E-state index is -0.550. The zero-order valence-electron chi connectivity index (χ0n) is 12.1. The Morgan fingerprint density at radius 3 is 2.58 bits per heavy atom. The van der Waals surface area contributed by atoms with E-state index in [9.17, 15) is 9.90 Å². The van der Waals surface area contributed by atoms with Crippen LogP contribution in [0.2, 0.25) is 0 Å². The van der Waals surface area contributed by atoms with E-state index in [0.717, 1.165) is 0 Å². The van der Waals surface area contributed by atoms with Gasteiger partial charge in [0, 0.05) is 40.3 Å². The van der Waals surface area contributed by atoms with Crippen molar-refractivity contribution in [2.45, 2.75) is 13.0 Å². The molecular formula is C12H27N3O4. The molecule has 0 spiro atoms. The van der Waals surface area contributed by atoms with Crippen LogP contribution in [0.4, 0.5) is 4.79 Å². The highest BCUT2D eigenvalue weighted by Crippen LogP contribution is 1.85. The Bertz CT molecular complexity index is 227. The summed E-state index contributed by atoms with van der Waals surface area (Å²) in [6.07, 6.45) is -0.550. The minimum Gasteiger partial charge on any atom is -0.389 e. The molecule has 0 bridgehead atoms. The third-order valence-electron chi connectivity index (χ3n) is 2.25. The molecule has 3 N–H and O–H groups in total. The van der Waals surface area contributed by atoms with Gasteiger partial charge in [0.05, 0.1) is 25.9 Å². The molecule has 0 heterocycles. The first-order chi connectivity index (χ1) is 9.07. The zero-order chi connectivity index (χ0) is 14.5. The second-order valence-corrected chi connectivity index (χ2v) is 4.26. The van der Waals surface area contributed by atoms with Crippen LogP contribution in [0.25, 0.3) is 0 Å². The SMILES string of the molecule is CCOCCOCC(O)CNCCNC(=O)N(C)C. The van der Waals surface area contributed by atoms with Crippen LogP contribution in [0.15, 0.2) is 0 Å². The van der Waals surface area contributed by atoms with Gasteiger partial charge in [0.1, 0.15) is 0 Å². The Morgan fingerprint density at radius 1 is 1.26 bits per heavy atom. The van der Waals surface area contributed by atoms with Crippen LogP contribution in [-0.4, -0.2) is 82.3 Å². The van der Waals surface area contributed by atoms with Gasteiger partial charge in [-0.1, -0.05) is 0 Å². The summed E-state index contributed by atoms with van der Waals surface area (Å²) in [5, 5.41) is 15.3. The van der Waals surface area contributed by atoms with Crippen LogP contribution < -0.4 is 10.6 Å². The molecule has 7 heteroatoms. The molecule has 0 fully saturated rings. The lowest BCUT2D eigenvalue weighted by molar-refractivity contribution is 0.00661. The summed E-state index contributed by atoms with van der Waals surface area (Å²) >= 11 is 0. The molecule has 1 unspecified atom stereocenters. The predicted octanol–water partition coefficient (Wildman–Crippen LogP) is -0.739. The van der Waals surface area contributed by atoms with Crippen molar-refractivity contribution < 1.29 is 19.4 Å². The third-order valence-corrected chi connectivity index (χ3v) is 2.25. The summed E-state index contributed by atoms with van der Waals surface area (Å²) in [6, 6.07) is -0.124. The Balaban J connectivity index is 3.29. The maximum atomic E-state index is 11.2. The zero-order valence-corrected chi connectivity index (χ0v) is 12.1. The molecule has 0 rings (SSSR count). The number of nitrogens with one attached hydrogen (secondary N) is 2. The molecule has 0 saturated carbocycles. The fourth-order valence-corrected chi connectivity index (χ4v) is 1.23. The number of hydrogen-bond acceptors (Lipinski definition) is 5. The quantitative estimate of drug-likeness (QED) is 0.433. The normalized spacial score (nSPS) is 12.2. The first-order valence-electron chi connectivity index (χ1n) is 6.57. The van der Waals surface area contributed by atoms with Crippen molar-refractivity contribution in [2.75, 3.05) is 60.2 Å². The molecule has 0 radical (unpaired) electrons. The minimum absolute atomic E-state index is 0.124. The van der Waals surface area contributed by atoms with Crippen molar-refractivity contribution in [1.29, 1.82) is 0 Å². The van der Waals surface area contributed by atoms with Gasteiger partial charge in [-0.2, -0.15) is 0 Å². The van der Waals surface area contributed by atoms with E-state index in [1.807, 2.05) is 6.92 Å². The number of urea groups is 1. The number of carbonyl (C=O) groups excluding carboxylic acids is 1. The fourth-order valence-electron chi connectivity index (χ4n) is 1.23. The molecule has 1 atom stereocenters. The van der Waals surface area contributed by atoms with Crippen molar-refractivity contribution in [2.24, 2.45) is 0 Å². The molecule has 0 aliphatic heterocycles. The van der Waals surface area contributed by atoms with E-state index in [2.05, 4.69) is 10.6 Å². The van der Waals surface area contributed by atoms with Crippen molar-refractivity contribution >= 4 is 6.03 Å². The van der Waals surface area contributed by atoms with E-state index < -0.39 is 6.10 Å². The summed E-state index contributed by atoms with van der Waals surface area (Å²) in [5.41, 5.74) is 0. The van der Waals surface area contributed by atoms with Gasteiger partial charge in [-0.25, -0.2) is 4.79 Å². The number of carbonyl (C=O) groups is 1. The number of aliphatic hydroxyl groups excluding tert-OH is 1. The maximum Gasteiger partial charge on any atom is 0.316 e. The van der Waals surface area contributed by atoms with Gasteiger partial charge in [-0.15, -0.1) is 0 Å². The number of aliphatic hydroxyl groups is 1. The smallest absolute Gasteiger partial charge is 0.316 e. The predicted molar refractivity (Wildman–Crippen MR) is 73.3 cm³/mol. The van der Waals surface area contributed by atoms with Crippen molar-refractivity contribution in [3.05, 3.63) is 0 Å². The van der Waals surface area contributed by atoms with Gasteiger partial charge in [0.25, 0.3) is 0 Å². The molecule has 0 aromatic carbocycles. The first kappa shape index (κ1) is 18.1. The fraction of sp³-hybridized carbons (Fsp3) is 0.917. The Labute approximate surface area is 115 Å². The van der Waals surface area contributed by atoms with Crippen LogP contribution in [-0.2, 0) is 9.47 Å². The van der Waals surface area contributed by atoms with Gasteiger partial charge >= 0.3 is 6.03 Å². The monoisotopic (exact) mass is 277 g/mol. The topological polar surface area (TPSA) is 83.1 Å². The standard InChI is InChI=1S/C12H27N3O4/c1-4-18-7-8-19-10-11(16)9-13-5-6-14-12(17)15(2)3/h11,13,16H,4-10H2,1-3H3,(H,14,17). The molecule has 0 aliphatic rings. The third kappa shape index (κ3) is 11.9. The van der Waals surface area contributed by atoms with E-state index in [4.69, 9.17) is 9.47 Å². The van der Waals surface area contributed by atoms with Crippen molar-refractivity contribution in [3.63, 3.8) is 0 Å². The molecule has 19 heavy (non-hydrogen) atoms. The van der Waals surface area contributed by atoms with Crippen molar-refractivity contribution in [3.8, 4) is 0 Å². The molecule has 0 saturated heterocycles. The van der Waals surface area contributed by atoms with Crippen LogP contribution in [0.3, 0.4) is 0 Å². The number of amides is 2. The Kier molecular flexibility index (Phi) is 11.6. The van der Waals surface area contributed by atoms with Crippen LogP contribution in [0, 0.1) is 0 Å². The van der Waals surface area contributed by atoms with Crippen molar-refractivity contribution in [1.82, 2.24) is 15.5 Å². The maximum absolute atomic E-state index is 11.2. The molecule has 7 nitrogen and oxygen atoms in total. The number of nitrogens with zero attached hydrogens (tertiary/aromatic N) is 1. The van der Waals surface area contributed by atoms with Gasteiger partial charge in [-0.3, -0.25) is 0 Å². The van der Waals surface area contributed by atoms with Gasteiger partial charge in [0.15, 0.2) is 0 Å². The molecule has 114 valence electrons. The lowest BCUT2D eigenvalue weighted by Crippen LogP contribution is -2.40. The van der Waals surface area contributed by atoms with Crippen LogP contribution in [0.1, 0.15) is 6.92 Å². The van der Waals surface area contributed by atoms with Gasteiger partial charge < -0.3 is 30.1 Å². The van der Waals surface area contributed by atoms with E-state index in [1.54, 1.807) is 14.1 Å². The summed E-state index contributed by atoms with van der Waals surface area (Å²) in [4.78, 5) is 12.6. The number of ether oxygens (including phenoxy) is 2. The summed E-state index contributed by atoms with van der Waals surface area (Å²) in [7, 11) is 3.37. The highest BCUT2D eigenvalue weighted by molar-refractivity contribution is 5.73. The Hall–Kier alpha value is -0.890. The largest absolute Gasteiger partial charge is 0.389 e. The van der Waals surface area contributed by atoms with Gasteiger partial charge in [0.2, 0.25) is 0 Å². The second kappa shape index (κ2) is 12.2. The van der Waals surface area contributed by atoms with Crippen LogP contribution >= 0.6 is 0 Å². The number of hydrogen-bond donors (Lipinski definition) is 3. The molecule has 0 aliphatic carbocycles. The van der Waals surface area contributed by atoms with E-state index in [0.29, 0.717) is 39.5 Å². The molecular weight excluding hydrogens is 250 g/mol. The van der Waals surface area contributed by atoms with Crippen LogP contribution in [0.5, 0.6) is 0 Å². The second-order valence-electron chi connectivity index (χ2n) is 4.26. The van der Waals surface area contributed by atoms with Gasteiger partial charge in [-0.05, 0) is 6.92 Å². The highest BCUT2D eigenvalue weighted by atomic mass is 16.5. The lowest BCUT2D eigenvalue weighted by Gasteiger charge is -2.14. The molecule has 0 aromatic heterocycles. The summed E-state index contributed by atoms with van der Waals surface area (Å²) < 4.78 is 10.3. The first-order valence-corrected chi connectivity index (χ1v) is 6.57. The summed E-state index contributed by atoms with van der Waals surface area (Å²) in [5.74, 6) is 0. The highest BCUT2D eigenvalue weighted by Gasteiger charge is 2.04. The number of rotatable bonds is 11. The summed E-state index contributed by atoms with van der Waals surface area (Å²) in [6.45, 7) is 5.48. The average molecular weight is 277 g/mol. The van der Waals surface area contributed by atoms with E-state index in [1.165, 1.54) is 4.90 Å². The molecule has 0 aromatic rings. The molecule has 2 amide bonds. The average Bonchev–Trinajstić information content (AvgIpc) is 2.37. The Morgan fingerprint density at radius 2 is 1.95 bits per heavy atom. The van der Waals surface area contributed by atoms with E-state index >= 15 is 0 Å².